The number of nitrogens with zero attached hydrogens (tertiary/aromatic N) is 1. The summed E-state index contributed by atoms with van der Waals surface area (Å²) < 4.78 is 11.2. The average molecular weight is 505 g/mol. The number of carboxylic acids is 1. The minimum Gasteiger partial charge on any atom is -0.481 e. The molecule has 2 aliphatic carbocycles. The number of anilines is 1. The monoisotopic (exact) mass is 504 g/mol. The fourth-order valence-electron chi connectivity index (χ4n) is 4.50. The molecule has 0 unspecified atom stereocenters. The highest BCUT2D eigenvalue weighted by Crippen LogP contribution is 2.48. The highest BCUT2D eigenvalue weighted by Gasteiger charge is 2.51. The highest BCUT2D eigenvalue weighted by atomic mass is 32.2. The number of aromatic nitrogens is 1. The van der Waals surface area contributed by atoms with E-state index in [2.05, 4.69) is 10.3 Å². The van der Waals surface area contributed by atoms with E-state index in [1.54, 1.807) is 32.0 Å². The molecular formula is C23H24N2O7S2. The zero-order valence-electron chi connectivity index (χ0n) is 18.6. The number of carbonyl (C=O) groups is 4. The largest absolute Gasteiger partial charge is 0.481 e. The first kappa shape index (κ1) is 24.2. The van der Waals surface area contributed by atoms with Gasteiger partial charge >= 0.3 is 17.9 Å². The number of thioether (sulfide) groups is 1. The summed E-state index contributed by atoms with van der Waals surface area (Å²) in [5.41, 5.74) is 1.17. The third-order valence-electron chi connectivity index (χ3n) is 5.90. The Kier molecular flexibility index (Phi) is 7.22. The Labute approximate surface area is 203 Å². The van der Waals surface area contributed by atoms with Crippen LogP contribution in [0.25, 0.3) is 10.2 Å². The topological polar surface area (TPSA) is 132 Å². The van der Waals surface area contributed by atoms with Crippen molar-refractivity contribution in [3.8, 4) is 0 Å². The lowest BCUT2D eigenvalue weighted by Crippen LogP contribution is -2.36. The molecule has 1 fully saturated rings. The van der Waals surface area contributed by atoms with Crippen molar-refractivity contribution in [2.75, 3.05) is 18.5 Å². The van der Waals surface area contributed by atoms with E-state index in [-0.39, 0.29) is 31.0 Å². The number of allylic oxidation sites excluding steroid dienone is 2. The van der Waals surface area contributed by atoms with Crippen molar-refractivity contribution in [2.24, 2.45) is 23.7 Å². The van der Waals surface area contributed by atoms with E-state index in [4.69, 9.17) is 9.47 Å². The quantitative estimate of drug-likeness (QED) is 0.228. The molecule has 2 bridgehead atoms. The van der Waals surface area contributed by atoms with Crippen LogP contribution in [-0.2, 0) is 28.7 Å². The van der Waals surface area contributed by atoms with Crippen molar-refractivity contribution in [3.63, 3.8) is 0 Å². The lowest BCUT2D eigenvalue weighted by Gasteiger charge is -2.23. The molecular weight excluding hydrogens is 480 g/mol. The summed E-state index contributed by atoms with van der Waals surface area (Å²) in [4.78, 5) is 53.6. The highest BCUT2D eigenvalue weighted by molar-refractivity contribution is 8.03. The number of nitrogens with one attached hydrogen (secondary N) is 1. The van der Waals surface area contributed by atoms with Gasteiger partial charge in [0.05, 0.1) is 35.3 Å². The average Bonchev–Trinajstić information content (AvgIpc) is 3.51. The number of hydrogen-bond donors (Lipinski definition) is 2. The van der Waals surface area contributed by atoms with Crippen molar-refractivity contribution in [1.29, 1.82) is 0 Å². The van der Waals surface area contributed by atoms with E-state index < -0.39 is 35.0 Å². The summed E-state index contributed by atoms with van der Waals surface area (Å²) in [5, 5.41) is 11.3. The van der Waals surface area contributed by atoms with Crippen LogP contribution in [0, 0.1) is 23.7 Å². The van der Waals surface area contributed by atoms with E-state index in [0.29, 0.717) is 22.0 Å². The van der Waals surface area contributed by atoms with Gasteiger partial charge in [-0.3, -0.25) is 19.2 Å². The SMILES string of the molecule is CCOC(=O)C(Sc1nc2ccc(NC(=O)[C@H]3[C@@H](C(=O)O)[C@H]4C=C[C@H]3C4)cc2s1)C(=O)OCC. The lowest BCUT2D eigenvalue weighted by atomic mass is 9.82. The number of ether oxygens (including phenoxy) is 2. The van der Waals surface area contributed by atoms with Gasteiger partial charge in [-0.05, 0) is 50.3 Å². The van der Waals surface area contributed by atoms with E-state index >= 15 is 0 Å². The van der Waals surface area contributed by atoms with Crippen LogP contribution in [0.2, 0.25) is 0 Å². The molecule has 2 aromatic rings. The molecule has 1 amide bonds. The molecule has 1 saturated carbocycles. The van der Waals surface area contributed by atoms with Crippen LogP contribution in [0.4, 0.5) is 5.69 Å². The summed E-state index contributed by atoms with van der Waals surface area (Å²) in [6.07, 6.45) is 4.52. The van der Waals surface area contributed by atoms with Crippen LogP contribution < -0.4 is 5.32 Å². The Morgan fingerprint density at radius 2 is 1.76 bits per heavy atom. The van der Waals surface area contributed by atoms with Crippen LogP contribution in [0.1, 0.15) is 20.3 Å². The van der Waals surface area contributed by atoms with Gasteiger partial charge in [0.2, 0.25) is 11.2 Å². The molecule has 9 nitrogen and oxygen atoms in total. The predicted molar refractivity (Wildman–Crippen MR) is 127 cm³/mol. The molecule has 4 atom stereocenters. The van der Waals surface area contributed by atoms with Gasteiger partial charge in [0.15, 0.2) is 4.34 Å². The molecule has 1 aromatic heterocycles. The first-order valence-electron chi connectivity index (χ1n) is 10.9. The van der Waals surface area contributed by atoms with Crippen molar-refractivity contribution < 1.29 is 33.8 Å². The number of thiazole rings is 1. The van der Waals surface area contributed by atoms with Crippen molar-refractivity contribution in [2.45, 2.75) is 29.9 Å². The van der Waals surface area contributed by atoms with Gasteiger partial charge in [-0.1, -0.05) is 23.9 Å². The van der Waals surface area contributed by atoms with Gasteiger partial charge < -0.3 is 19.9 Å². The van der Waals surface area contributed by atoms with Crippen molar-refractivity contribution in [3.05, 3.63) is 30.4 Å². The number of carboxylic acid groups (broad SMARTS) is 1. The minimum atomic E-state index is -1.18. The van der Waals surface area contributed by atoms with Gasteiger partial charge in [0.25, 0.3) is 0 Å². The number of esters is 2. The number of carbonyl (C=O) groups excluding carboxylic acids is 3. The second-order valence-corrected chi connectivity index (χ2v) is 10.4. The normalized spacial score (nSPS) is 22.8. The number of aliphatic carboxylic acids is 1. The molecule has 2 aliphatic rings. The van der Waals surface area contributed by atoms with E-state index in [9.17, 15) is 24.3 Å². The molecule has 0 aliphatic heterocycles. The molecule has 180 valence electrons. The van der Waals surface area contributed by atoms with Crippen LogP contribution in [0.3, 0.4) is 0 Å². The molecule has 11 heteroatoms. The number of amides is 1. The van der Waals surface area contributed by atoms with E-state index in [1.165, 1.54) is 11.3 Å². The second kappa shape index (κ2) is 10.1. The van der Waals surface area contributed by atoms with Crippen LogP contribution in [-0.4, -0.2) is 52.4 Å². The standard InChI is InChI=1S/C23H24N2O7S2/c1-3-31-21(29)18(22(30)32-4-2)34-23-25-14-8-7-13(10-15(14)33-23)24-19(26)16-11-5-6-12(9-11)17(16)20(27)28/h5-8,10-12,16-18H,3-4,9H2,1-2H3,(H,24,26)(H,27,28)/t11-,12-,16+,17-/m0/s1. The molecule has 34 heavy (non-hydrogen) atoms. The molecule has 0 radical (unpaired) electrons. The third kappa shape index (κ3) is 4.80. The van der Waals surface area contributed by atoms with Gasteiger partial charge in [-0.15, -0.1) is 11.3 Å². The number of fused-ring (bicyclic) bond motifs is 3. The summed E-state index contributed by atoms with van der Waals surface area (Å²) in [5.74, 6) is -4.13. The Hall–Kier alpha value is -2.92. The molecule has 1 heterocycles. The number of hydrogen-bond acceptors (Lipinski definition) is 9. The van der Waals surface area contributed by atoms with Crippen LogP contribution >= 0.6 is 23.1 Å². The Morgan fingerprint density at radius 3 is 2.38 bits per heavy atom. The summed E-state index contributed by atoms with van der Waals surface area (Å²) in [6.45, 7) is 3.59. The van der Waals surface area contributed by atoms with E-state index in [1.807, 2.05) is 12.2 Å². The van der Waals surface area contributed by atoms with Gasteiger partial charge in [-0.2, -0.15) is 0 Å². The Balaban J connectivity index is 1.50. The van der Waals surface area contributed by atoms with Crippen molar-refractivity contribution >= 4 is 62.8 Å². The van der Waals surface area contributed by atoms with Crippen LogP contribution in [0.5, 0.6) is 0 Å². The zero-order valence-corrected chi connectivity index (χ0v) is 20.2. The second-order valence-electron chi connectivity index (χ2n) is 7.99. The zero-order chi connectivity index (χ0) is 24.4. The number of benzene rings is 1. The predicted octanol–water partition coefficient (Wildman–Crippen LogP) is 3.34. The molecule has 0 spiro atoms. The molecule has 4 rings (SSSR count). The lowest BCUT2D eigenvalue weighted by molar-refractivity contribution is -0.153. The summed E-state index contributed by atoms with van der Waals surface area (Å²) in [7, 11) is 0. The fraction of sp³-hybridized carbons (Fsp3) is 0.435. The maximum absolute atomic E-state index is 13.0. The molecule has 2 N–H and O–H groups in total. The summed E-state index contributed by atoms with van der Waals surface area (Å²) in [6, 6.07) is 5.17. The fourth-order valence-corrected chi connectivity index (χ4v) is 6.67. The van der Waals surface area contributed by atoms with Crippen LogP contribution in [0.15, 0.2) is 34.7 Å². The summed E-state index contributed by atoms with van der Waals surface area (Å²) >= 11 is 2.23. The first-order chi connectivity index (χ1) is 16.3. The minimum absolute atomic E-state index is 0.0658. The van der Waals surface area contributed by atoms with Gasteiger partial charge in [-0.25, -0.2) is 4.98 Å². The van der Waals surface area contributed by atoms with Gasteiger partial charge in [0.1, 0.15) is 0 Å². The maximum atomic E-state index is 13.0. The molecule has 0 saturated heterocycles. The maximum Gasteiger partial charge on any atom is 0.331 e. The van der Waals surface area contributed by atoms with Gasteiger partial charge in [0, 0.05) is 5.69 Å². The Morgan fingerprint density at radius 1 is 1.12 bits per heavy atom. The number of rotatable bonds is 9. The molecule has 1 aromatic carbocycles. The Bertz CT molecular complexity index is 1140. The van der Waals surface area contributed by atoms with E-state index in [0.717, 1.165) is 16.5 Å². The smallest absolute Gasteiger partial charge is 0.331 e. The third-order valence-corrected chi connectivity index (χ3v) is 8.17. The first-order valence-corrected chi connectivity index (χ1v) is 12.6. The van der Waals surface area contributed by atoms with Crippen molar-refractivity contribution in [1.82, 2.24) is 4.98 Å².